The number of guanidine groups is 1. The first-order chi connectivity index (χ1) is 14.8. The number of hydrogen-bond donors (Lipinski definition) is 1. The Bertz CT molecular complexity index is 955. The number of nitrogens with one attached hydrogen (secondary N) is 1. The van der Waals surface area contributed by atoms with Crippen LogP contribution in [0.3, 0.4) is 0 Å². The summed E-state index contributed by atoms with van der Waals surface area (Å²) in [6.45, 7) is 6.35. The Morgan fingerprint density at radius 2 is 1.81 bits per heavy atom. The number of piperazine rings is 1. The van der Waals surface area contributed by atoms with E-state index in [9.17, 15) is 0 Å². The molecule has 0 radical (unpaired) electrons. The molecule has 3 aromatic rings. The third kappa shape index (κ3) is 6.30. The van der Waals surface area contributed by atoms with Gasteiger partial charge in [-0.1, -0.05) is 24.3 Å². The quantitative estimate of drug-likeness (QED) is 0.284. The first kappa shape index (κ1) is 23.3. The van der Waals surface area contributed by atoms with Crippen LogP contribution in [0.4, 0.5) is 0 Å². The lowest BCUT2D eigenvalue weighted by Gasteiger charge is -2.36. The molecule has 1 aliphatic rings. The zero-order valence-corrected chi connectivity index (χ0v) is 20.2. The molecule has 0 atom stereocenters. The van der Waals surface area contributed by atoms with Crippen molar-refractivity contribution in [2.75, 3.05) is 52.9 Å². The summed E-state index contributed by atoms with van der Waals surface area (Å²) in [7, 11) is 1.84. The monoisotopic (exact) mass is 535 g/mol. The largest absolute Gasteiger partial charge is 0.492 e. The van der Waals surface area contributed by atoms with Crippen LogP contribution in [0.25, 0.3) is 5.65 Å². The molecule has 3 heterocycles. The van der Waals surface area contributed by atoms with E-state index in [2.05, 4.69) is 30.3 Å². The molecule has 0 amide bonds. The molecule has 0 aliphatic carbocycles. The zero-order valence-electron chi connectivity index (χ0n) is 17.9. The van der Waals surface area contributed by atoms with E-state index in [0.717, 1.165) is 68.9 Å². The highest BCUT2D eigenvalue weighted by atomic mass is 127. The molecule has 166 valence electrons. The van der Waals surface area contributed by atoms with Crippen molar-refractivity contribution in [3.63, 3.8) is 0 Å². The third-order valence-corrected chi connectivity index (χ3v) is 5.32. The minimum atomic E-state index is 0. The number of aromatic nitrogens is 3. The van der Waals surface area contributed by atoms with Gasteiger partial charge in [-0.25, -0.2) is 0 Å². The minimum absolute atomic E-state index is 0. The summed E-state index contributed by atoms with van der Waals surface area (Å²) >= 11 is 0. The van der Waals surface area contributed by atoms with E-state index in [0.29, 0.717) is 6.61 Å². The fourth-order valence-electron chi connectivity index (χ4n) is 3.67. The first-order valence-electron chi connectivity index (χ1n) is 10.5. The van der Waals surface area contributed by atoms with Gasteiger partial charge in [-0.05, 0) is 24.3 Å². The molecule has 2 aromatic heterocycles. The summed E-state index contributed by atoms with van der Waals surface area (Å²) in [5.74, 6) is 2.84. The van der Waals surface area contributed by atoms with E-state index >= 15 is 0 Å². The fourth-order valence-corrected chi connectivity index (χ4v) is 3.67. The molecule has 9 heteroatoms. The van der Waals surface area contributed by atoms with Crippen molar-refractivity contribution in [1.29, 1.82) is 0 Å². The van der Waals surface area contributed by atoms with Gasteiger partial charge in [-0.2, -0.15) is 0 Å². The predicted molar refractivity (Wildman–Crippen MR) is 133 cm³/mol. The van der Waals surface area contributed by atoms with Crippen LogP contribution in [0.1, 0.15) is 5.82 Å². The third-order valence-electron chi connectivity index (χ3n) is 5.32. The lowest BCUT2D eigenvalue weighted by Crippen LogP contribution is -2.53. The molecular formula is C22H30IN7O. The highest BCUT2D eigenvalue weighted by Crippen LogP contribution is 2.09. The predicted octanol–water partition coefficient (Wildman–Crippen LogP) is 2.16. The van der Waals surface area contributed by atoms with Crippen LogP contribution in [0, 0.1) is 0 Å². The average Bonchev–Trinajstić information content (AvgIpc) is 3.21. The van der Waals surface area contributed by atoms with E-state index in [1.54, 1.807) is 0 Å². The van der Waals surface area contributed by atoms with E-state index < -0.39 is 0 Å². The standard InChI is InChI=1S/C22H29N7O.HI/c1-23-22(24-11-10-21-26-25-20-9-5-6-12-29(20)21)28-15-13-27(14-16-28)17-18-30-19-7-3-2-4-8-19;/h2-9,12H,10-11,13-18H2,1H3,(H,23,24);1H. The highest BCUT2D eigenvalue weighted by molar-refractivity contribution is 14.0. The molecule has 8 nitrogen and oxygen atoms in total. The maximum atomic E-state index is 5.82. The van der Waals surface area contributed by atoms with Crippen LogP contribution in [0.15, 0.2) is 59.7 Å². The normalized spacial score (nSPS) is 15.0. The van der Waals surface area contributed by atoms with Gasteiger partial charge in [0.15, 0.2) is 11.6 Å². The van der Waals surface area contributed by atoms with E-state index in [1.807, 2.05) is 66.2 Å². The molecule has 0 saturated carbocycles. The van der Waals surface area contributed by atoms with Crippen molar-refractivity contribution in [3.05, 3.63) is 60.6 Å². The van der Waals surface area contributed by atoms with Crippen molar-refractivity contribution >= 4 is 35.6 Å². The lowest BCUT2D eigenvalue weighted by molar-refractivity contribution is 0.152. The van der Waals surface area contributed by atoms with E-state index in [1.165, 1.54) is 0 Å². The topological polar surface area (TPSA) is 70.3 Å². The molecule has 0 spiro atoms. The molecule has 0 unspecified atom stereocenters. The van der Waals surface area contributed by atoms with Crippen molar-refractivity contribution in [1.82, 2.24) is 29.7 Å². The number of ether oxygens (including phenoxy) is 1. The number of benzene rings is 1. The van der Waals surface area contributed by atoms with Gasteiger partial charge in [0.05, 0.1) is 0 Å². The highest BCUT2D eigenvalue weighted by Gasteiger charge is 2.19. The van der Waals surface area contributed by atoms with Gasteiger partial charge in [-0.3, -0.25) is 14.3 Å². The number of aliphatic imine (C=N–C) groups is 1. The number of pyridine rings is 1. The lowest BCUT2D eigenvalue weighted by atomic mass is 10.3. The summed E-state index contributed by atoms with van der Waals surface area (Å²) in [4.78, 5) is 9.22. The van der Waals surface area contributed by atoms with Crippen LogP contribution in [-0.2, 0) is 6.42 Å². The summed E-state index contributed by atoms with van der Waals surface area (Å²) in [5.41, 5.74) is 0.879. The number of hydrogen-bond acceptors (Lipinski definition) is 5. The molecule has 1 N–H and O–H groups in total. The van der Waals surface area contributed by atoms with Gasteiger partial charge < -0.3 is 15.0 Å². The van der Waals surface area contributed by atoms with Crippen LogP contribution in [0.5, 0.6) is 5.75 Å². The Morgan fingerprint density at radius 3 is 2.58 bits per heavy atom. The van der Waals surface area contributed by atoms with Crippen molar-refractivity contribution in [3.8, 4) is 5.75 Å². The molecule has 31 heavy (non-hydrogen) atoms. The molecule has 1 fully saturated rings. The molecule has 0 bridgehead atoms. The second-order valence-corrected chi connectivity index (χ2v) is 7.26. The van der Waals surface area contributed by atoms with Crippen molar-refractivity contribution < 1.29 is 4.74 Å². The number of para-hydroxylation sites is 1. The summed E-state index contributed by atoms with van der Waals surface area (Å²) in [6, 6.07) is 15.9. The van der Waals surface area contributed by atoms with Crippen LogP contribution in [-0.4, -0.2) is 83.3 Å². The molecule has 4 rings (SSSR count). The Labute approximate surface area is 200 Å². The van der Waals surface area contributed by atoms with Crippen molar-refractivity contribution in [2.45, 2.75) is 6.42 Å². The second kappa shape index (κ2) is 11.8. The van der Waals surface area contributed by atoms with E-state index in [-0.39, 0.29) is 24.0 Å². The minimum Gasteiger partial charge on any atom is -0.492 e. The first-order valence-corrected chi connectivity index (χ1v) is 10.5. The van der Waals surface area contributed by atoms with Gasteiger partial charge in [0.25, 0.3) is 0 Å². The van der Waals surface area contributed by atoms with Crippen molar-refractivity contribution in [2.24, 2.45) is 4.99 Å². The van der Waals surface area contributed by atoms with Gasteiger partial charge in [0.1, 0.15) is 18.2 Å². The maximum Gasteiger partial charge on any atom is 0.193 e. The Balaban J connectivity index is 0.00000272. The average molecular weight is 535 g/mol. The molecule has 1 saturated heterocycles. The fraction of sp³-hybridized carbons (Fsp3) is 0.409. The van der Waals surface area contributed by atoms with Crippen LogP contribution in [0.2, 0.25) is 0 Å². The Morgan fingerprint density at radius 1 is 1.03 bits per heavy atom. The maximum absolute atomic E-state index is 5.82. The number of fused-ring (bicyclic) bond motifs is 1. The molecule has 1 aliphatic heterocycles. The summed E-state index contributed by atoms with van der Waals surface area (Å²) in [5, 5.41) is 12.0. The molecular weight excluding hydrogens is 505 g/mol. The van der Waals surface area contributed by atoms with Crippen LogP contribution >= 0.6 is 24.0 Å². The zero-order chi connectivity index (χ0) is 20.6. The smallest absolute Gasteiger partial charge is 0.193 e. The van der Waals surface area contributed by atoms with Gasteiger partial charge in [0.2, 0.25) is 0 Å². The summed E-state index contributed by atoms with van der Waals surface area (Å²) < 4.78 is 7.85. The van der Waals surface area contributed by atoms with Crippen LogP contribution < -0.4 is 10.1 Å². The number of rotatable bonds is 7. The SMILES string of the molecule is CN=C(NCCc1nnc2ccccn12)N1CCN(CCOc2ccccc2)CC1.I. The van der Waals surface area contributed by atoms with Gasteiger partial charge >= 0.3 is 0 Å². The molecule has 1 aromatic carbocycles. The van der Waals surface area contributed by atoms with E-state index in [4.69, 9.17) is 4.74 Å². The van der Waals surface area contributed by atoms with Gasteiger partial charge in [-0.15, -0.1) is 34.2 Å². The van der Waals surface area contributed by atoms with Gasteiger partial charge in [0, 0.05) is 58.9 Å². The Kier molecular flexibility index (Phi) is 8.89. The second-order valence-electron chi connectivity index (χ2n) is 7.26. The number of nitrogens with zero attached hydrogens (tertiary/aromatic N) is 6. The Hall–Kier alpha value is -2.40. The summed E-state index contributed by atoms with van der Waals surface area (Å²) in [6.07, 6.45) is 2.79. The number of halogens is 1.